The fourth-order valence-corrected chi connectivity index (χ4v) is 2.37. The van der Waals surface area contributed by atoms with E-state index in [2.05, 4.69) is 21.2 Å². The number of ether oxygens (including phenoxy) is 3. The summed E-state index contributed by atoms with van der Waals surface area (Å²) in [5.74, 6) is 1.65. The molecule has 0 aliphatic rings. The minimum Gasteiger partial charge on any atom is -0.493 e. The molecule has 2 rings (SSSR count). The summed E-state index contributed by atoms with van der Waals surface area (Å²) in [6.07, 6.45) is 0. The first-order valence-corrected chi connectivity index (χ1v) is 7.82. The van der Waals surface area contributed by atoms with Gasteiger partial charge in [0.2, 0.25) is 0 Å². The molecule has 6 heteroatoms. The molecular weight excluding hydrogens is 362 g/mol. The number of amides is 1. The monoisotopic (exact) mass is 379 g/mol. The maximum absolute atomic E-state index is 12.1. The zero-order valence-electron chi connectivity index (χ0n) is 13.0. The number of rotatable bonds is 7. The smallest absolute Gasteiger partial charge is 0.251 e. The van der Waals surface area contributed by atoms with Crippen LogP contribution in [0.2, 0.25) is 0 Å². The van der Waals surface area contributed by atoms with Gasteiger partial charge in [0.05, 0.1) is 25.2 Å². The van der Waals surface area contributed by atoms with E-state index >= 15 is 0 Å². The van der Waals surface area contributed by atoms with E-state index in [1.807, 2.05) is 24.3 Å². The molecule has 0 unspecified atom stereocenters. The lowest BCUT2D eigenvalue weighted by atomic mass is 10.2. The minimum atomic E-state index is -0.193. The maximum Gasteiger partial charge on any atom is 0.251 e. The molecule has 23 heavy (non-hydrogen) atoms. The maximum atomic E-state index is 12.1. The quantitative estimate of drug-likeness (QED) is 0.750. The molecule has 0 aliphatic carbocycles. The van der Waals surface area contributed by atoms with Gasteiger partial charge in [-0.05, 0) is 46.3 Å². The normalized spacial score (nSPS) is 10.0. The van der Waals surface area contributed by atoms with Gasteiger partial charge in [-0.2, -0.15) is 0 Å². The van der Waals surface area contributed by atoms with Crippen LogP contribution >= 0.6 is 15.9 Å². The average molecular weight is 380 g/mol. The summed E-state index contributed by atoms with van der Waals surface area (Å²) in [5, 5.41) is 2.80. The number of hydrogen-bond acceptors (Lipinski definition) is 4. The van der Waals surface area contributed by atoms with Crippen LogP contribution in [0.25, 0.3) is 0 Å². The van der Waals surface area contributed by atoms with Gasteiger partial charge in [-0.25, -0.2) is 0 Å². The van der Waals surface area contributed by atoms with Gasteiger partial charge >= 0.3 is 0 Å². The molecule has 0 saturated heterocycles. The number of nitrogens with one attached hydrogen (secondary N) is 1. The second-order valence-corrected chi connectivity index (χ2v) is 5.46. The predicted octanol–water partition coefficient (Wildman–Crippen LogP) is 3.28. The highest BCUT2D eigenvalue weighted by atomic mass is 79.9. The number of carbonyl (C=O) groups excluding carboxylic acids is 1. The van der Waals surface area contributed by atoms with E-state index in [4.69, 9.17) is 14.2 Å². The second kappa shape index (κ2) is 8.43. The van der Waals surface area contributed by atoms with Gasteiger partial charge in [0.25, 0.3) is 5.91 Å². The Kier molecular flexibility index (Phi) is 6.29. The molecule has 0 radical (unpaired) electrons. The van der Waals surface area contributed by atoms with Gasteiger partial charge in [0, 0.05) is 5.56 Å². The van der Waals surface area contributed by atoms with E-state index in [0.717, 1.165) is 10.2 Å². The SMILES string of the molecule is COc1ccc(C(=O)NCCOc2ccccc2Br)cc1OC. The molecule has 0 heterocycles. The van der Waals surface area contributed by atoms with Crippen LogP contribution in [0.1, 0.15) is 10.4 Å². The molecule has 2 aromatic carbocycles. The summed E-state index contributed by atoms with van der Waals surface area (Å²) in [6, 6.07) is 12.6. The van der Waals surface area contributed by atoms with Crippen molar-refractivity contribution in [1.29, 1.82) is 0 Å². The van der Waals surface area contributed by atoms with Crippen LogP contribution in [0.3, 0.4) is 0 Å². The van der Waals surface area contributed by atoms with E-state index in [1.165, 1.54) is 7.11 Å². The van der Waals surface area contributed by atoms with E-state index < -0.39 is 0 Å². The number of hydrogen-bond donors (Lipinski definition) is 1. The Morgan fingerprint density at radius 3 is 2.48 bits per heavy atom. The molecule has 2 aromatic rings. The Hall–Kier alpha value is -2.21. The van der Waals surface area contributed by atoms with Crippen molar-refractivity contribution in [3.8, 4) is 17.2 Å². The Labute approximate surface area is 143 Å². The largest absolute Gasteiger partial charge is 0.493 e. The third-order valence-corrected chi connectivity index (χ3v) is 3.78. The molecule has 0 aliphatic heterocycles. The van der Waals surface area contributed by atoms with Crippen LogP contribution in [-0.2, 0) is 0 Å². The molecular formula is C17H18BrNO4. The van der Waals surface area contributed by atoms with Gasteiger partial charge < -0.3 is 19.5 Å². The second-order valence-electron chi connectivity index (χ2n) is 4.60. The Morgan fingerprint density at radius 1 is 1.04 bits per heavy atom. The van der Waals surface area contributed by atoms with Crippen molar-refractivity contribution in [2.75, 3.05) is 27.4 Å². The number of methoxy groups -OCH3 is 2. The van der Waals surface area contributed by atoms with Gasteiger partial charge in [0.1, 0.15) is 12.4 Å². The molecule has 0 bridgehead atoms. The summed E-state index contributed by atoms with van der Waals surface area (Å²) in [6.45, 7) is 0.774. The summed E-state index contributed by atoms with van der Waals surface area (Å²) < 4.78 is 16.8. The molecule has 0 atom stereocenters. The van der Waals surface area contributed by atoms with Gasteiger partial charge in [-0.15, -0.1) is 0 Å². The lowest BCUT2D eigenvalue weighted by molar-refractivity contribution is 0.0946. The Bertz CT molecular complexity index is 675. The molecule has 0 aromatic heterocycles. The third-order valence-electron chi connectivity index (χ3n) is 3.13. The van der Waals surface area contributed by atoms with Crippen molar-refractivity contribution < 1.29 is 19.0 Å². The highest BCUT2D eigenvalue weighted by molar-refractivity contribution is 9.10. The van der Waals surface area contributed by atoms with Crippen molar-refractivity contribution >= 4 is 21.8 Å². The third kappa shape index (κ3) is 4.63. The molecule has 5 nitrogen and oxygen atoms in total. The van der Waals surface area contributed by atoms with Crippen molar-refractivity contribution in [1.82, 2.24) is 5.32 Å². The number of para-hydroxylation sites is 1. The van der Waals surface area contributed by atoms with E-state index in [0.29, 0.717) is 30.2 Å². The first-order valence-electron chi connectivity index (χ1n) is 7.03. The zero-order valence-corrected chi connectivity index (χ0v) is 14.6. The van der Waals surface area contributed by atoms with Crippen LogP contribution in [0.4, 0.5) is 0 Å². The topological polar surface area (TPSA) is 56.8 Å². The number of carbonyl (C=O) groups is 1. The van der Waals surface area contributed by atoms with Crippen LogP contribution in [0.15, 0.2) is 46.9 Å². The van der Waals surface area contributed by atoms with E-state index in [-0.39, 0.29) is 5.91 Å². The molecule has 122 valence electrons. The van der Waals surface area contributed by atoms with Crippen LogP contribution in [0.5, 0.6) is 17.2 Å². The average Bonchev–Trinajstić information content (AvgIpc) is 2.59. The first-order chi connectivity index (χ1) is 11.2. The van der Waals surface area contributed by atoms with Crippen molar-refractivity contribution in [3.63, 3.8) is 0 Å². The highest BCUT2D eigenvalue weighted by Gasteiger charge is 2.10. The summed E-state index contributed by atoms with van der Waals surface area (Å²) >= 11 is 3.41. The summed E-state index contributed by atoms with van der Waals surface area (Å²) in [5.41, 5.74) is 0.503. The van der Waals surface area contributed by atoms with Gasteiger partial charge in [-0.1, -0.05) is 12.1 Å². The van der Waals surface area contributed by atoms with Gasteiger partial charge in [0.15, 0.2) is 11.5 Å². The van der Waals surface area contributed by atoms with E-state index in [1.54, 1.807) is 25.3 Å². The first kappa shape index (κ1) is 17.1. The van der Waals surface area contributed by atoms with Crippen LogP contribution in [-0.4, -0.2) is 33.3 Å². The predicted molar refractivity (Wildman–Crippen MR) is 91.5 cm³/mol. The molecule has 0 spiro atoms. The lowest BCUT2D eigenvalue weighted by Gasteiger charge is -2.11. The Balaban J connectivity index is 1.86. The van der Waals surface area contributed by atoms with Crippen LogP contribution in [0, 0.1) is 0 Å². The molecule has 0 saturated carbocycles. The molecule has 0 fully saturated rings. The number of halogens is 1. The van der Waals surface area contributed by atoms with Crippen molar-refractivity contribution in [2.45, 2.75) is 0 Å². The standard InChI is InChI=1S/C17H18BrNO4/c1-21-15-8-7-12(11-16(15)22-2)17(20)19-9-10-23-14-6-4-3-5-13(14)18/h3-8,11H,9-10H2,1-2H3,(H,19,20). The van der Waals surface area contributed by atoms with Crippen molar-refractivity contribution in [2.24, 2.45) is 0 Å². The lowest BCUT2D eigenvalue weighted by Crippen LogP contribution is -2.28. The zero-order chi connectivity index (χ0) is 16.7. The van der Waals surface area contributed by atoms with Crippen LogP contribution < -0.4 is 19.5 Å². The fraction of sp³-hybridized carbons (Fsp3) is 0.235. The van der Waals surface area contributed by atoms with E-state index in [9.17, 15) is 4.79 Å². The molecule has 1 amide bonds. The van der Waals surface area contributed by atoms with Gasteiger partial charge in [-0.3, -0.25) is 4.79 Å². The minimum absolute atomic E-state index is 0.193. The summed E-state index contributed by atoms with van der Waals surface area (Å²) in [7, 11) is 3.09. The Morgan fingerprint density at radius 2 is 1.78 bits per heavy atom. The highest BCUT2D eigenvalue weighted by Crippen LogP contribution is 2.27. The fourth-order valence-electron chi connectivity index (χ4n) is 1.97. The summed E-state index contributed by atoms with van der Waals surface area (Å²) in [4.78, 5) is 12.1. The van der Waals surface area contributed by atoms with Crippen molar-refractivity contribution in [3.05, 3.63) is 52.5 Å². The number of benzene rings is 2. The molecule has 1 N–H and O–H groups in total.